The van der Waals surface area contributed by atoms with Crippen LogP contribution < -0.4 is 4.90 Å². The van der Waals surface area contributed by atoms with Gasteiger partial charge in [0.15, 0.2) is 0 Å². The van der Waals surface area contributed by atoms with Crippen LogP contribution in [0.25, 0.3) is 0 Å². The Kier molecular flexibility index (Phi) is 3.03. The Bertz CT molecular complexity index is 609. The lowest BCUT2D eigenvalue weighted by Crippen LogP contribution is -2.30. The van der Waals surface area contributed by atoms with Crippen molar-refractivity contribution in [2.24, 2.45) is 0 Å². The highest BCUT2D eigenvalue weighted by atomic mass is 19.1. The lowest BCUT2D eigenvalue weighted by Gasteiger charge is -2.17. The van der Waals surface area contributed by atoms with Crippen molar-refractivity contribution in [2.45, 2.75) is 12.8 Å². The monoisotopic (exact) mass is 255 g/mol. The average molecular weight is 255 g/mol. The molecule has 2 aromatic carbocycles. The van der Waals surface area contributed by atoms with E-state index in [1.165, 1.54) is 6.07 Å². The second-order valence-electron chi connectivity index (χ2n) is 4.71. The minimum atomic E-state index is -0.309. The van der Waals surface area contributed by atoms with Gasteiger partial charge in [-0.15, -0.1) is 0 Å². The number of hydrogen-bond acceptors (Lipinski definition) is 1. The maximum absolute atomic E-state index is 13.8. The number of rotatable bonds is 2. The second-order valence-corrected chi connectivity index (χ2v) is 4.71. The van der Waals surface area contributed by atoms with Crippen molar-refractivity contribution in [3.05, 3.63) is 65.5 Å². The third kappa shape index (κ3) is 2.24. The molecule has 0 fully saturated rings. The first kappa shape index (κ1) is 11.9. The minimum Gasteiger partial charge on any atom is -0.309 e. The van der Waals surface area contributed by atoms with E-state index in [2.05, 4.69) is 0 Å². The molecule has 0 saturated carbocycles. The zero-order valence-electron chi connectivity index (χ0n) is 10.5. The van der Waals surface area contributed by atoms with Crippen LogP contribution in [-0.2, 0) is 17.6 Å². The second kappa shape index (κ2) is 4.84. The van der Waals surface area contributed by atoms with Gasteiger partial charge >= 0.3 is 0 Å². The quantitative estimate of drug-likeness (QED) is 0.808. The van der Waals surface area contributed by atoms with Crippen LogP contribution in [0.5, 0.6) is 0 Å². The molecule has 3 heteroatoms. The van der Waals surface area contributed by atoms with Gasteiger partial charge in [0.2, 0.25) is 5.91 Å². The molecule has 0 aromatic heterocycles. The summed E-state index contributed by atoms with van der Waals surface area (Å²) in [6.07, 6.45) is 1.04. The van der Waals surface area contributed by atoms with E-state index < -0.39 is 0 Å². The Morgan fingerprint density at radius 1 is 1.11 bits per heavy atom. The molecule has 0 aliphatic carbocycles. The van der Waals surface area contributed by atoms with E-state index in [0.717, 1.165) is 17.5 Å². The maximum Gasteiger partial charge on any atom is 0.231 e. The molecule has 1 aliphatic rings. The highest BCUT2D eigenvalue weighted by molar-refractivity contribution is 5.96. The van der Waals surface area contributed by atoms with Gasteiger partial charge in [0.05, 0.1) is 12.1 Å². The van der Waals surface area contributed by atoms with Gasteiger partial charge in [-0.3, -0.25) is 4.79 Å². The summed E-state index contributed by atoms with van der Waals surface area (Å²) in [5.74, 6) is -0.355. The molecule has 1 aliphatic heterocycles. The fraction of sp³-hybridized carbons (Fsp3) is 0.188. The molecular weight excluding hydrogens is 241 g/mol. The number of hydrogen-bond donors (Lipinski definition) is 0. The van der Waals surface area contributed by atoms with Crippen LogP contribution in [-0.4, -0.2) is 12.5 Å². The summed E-state index contributed by atoms with van der Waals surface area (Å²) in [7, 11) is 0. The van der Waals surface area contributed by atoms with Gasteiger partial charge in [-0.25, -0.2) is 4.39 Å². The summed E-state index contributed by atoms with van der Waals surface area (Å²) < 4.78 is 13.8. The summed E-state index contributed by atoms with van der Waals surface area (Å²) >= 11 is 0. The Hall–Kier alpha value is -2.16. The molecule has 19 heavy (non-hydrogen) atoms. The summed E-state index contributed by atoms with van der Waals surface area (Å²) in [6, 6.07) is 14.5. The number of benzene rings is 2. The van der Waals surface area contributed by atoms with Crippen molar-refractivity contribution in [1.29, 1.82) is 0 Å². The fourth-order valence-electron chi connectivity index (χ4n) is 2.52. The van der Waals surface area contributed by atoms with E-state index in [1.807, 2.05) is 36.4 Å². The van der Waals surface area contributed by atoms with E-state index in [-0.39, 0.29) is 11.7 Å². The molecular formula is C16H14FNO. The van der Waals surface area contributed by atoms with Crippen LogP contribution in [0.2, 0.25) is 0 Å². The first-order valence-corrected chi connectivity index (χ1v) is 6.37. The number of nitrogens with zero attached hydrogens (tertiary/aromatic N) is 1. The molecule has 0 N–H and O–H groups in total. The molecule has 1 amide bonds. The van der Waals surface area contributed by atoms with Gasteiger partial charge in [-0.05, 0) is 23.6 Å². The maximum atomic E-state index is 13.8. The van der Waals surface area contributed by atoms with Crippen LogP contribution in [0, 0.1) is 5.82 Å². The van der Waals surface area contributed by atoms with Crippen LogP contribution >= 0.6 is 0 Å². The molecule has 2 nitrogen and oxygen atoms in total. The minimum absolute atomic E-state index is 0.0462. The van der Waals surface area contributed by atoms with Gasteiger partial charge in [-0.1, -0.05) is 42.5 Å². The first-order valence-electron chi connectivity index (χ1n) is 6.37. The van der Waals surface area contributed by atoms with Crippen LogP contribution in [0.3, 0.4) is 0 Å². The van der Waals surface area contributed by atoms with Gasteiger partial charge in [0.1, 0.15) is 5.82 Å². The highest BCUT2D eigenvalue weighted by Crippen LogP contribution is 2.31. The number of halogens is 1. The largest absolute Gasteiger partial charge is 0.309 e. The number of para-hydroxylation sites is 1. The Balaban J connectivity index is 1.84. The van der Waals surface area contributed by atoms with E-state index in [4.69, 9.17) is 0 Å². The smallest absolute Gasteiger partial charge is 0.231 e. The number of fused-ring (bicyclic) bond motifs is 1. The Morgan fingerprint density at radius 3 is 2.68 bits per heavy atom. The lowest BCUT2D eigenvalue weighted by atomic mass is 10.1. The highest BCUT2D eigenvalue weighted by Gasteiger charge is 2.27. The van der Waals surface area contributed by atoms with E-state index in [1.54, 1.807) is 11.0 Å². The van der Waals surface area contributed by atoms with Gasteiger partial charge in [0, 0.05) is 6.54 Å². The third-order valence-electron chi connectivity index (χ3n) is 3.44. The van der Waals surface area contributed by atoms with Gasteiger partial charge in [0.25, 0.3) is 0 Å². The average Bonchev–Trinajstić information content (AvgIpc) is 2.85. The Morgan fingerprint density at radius 2 is 1.89 bits per heavy atom. The molecule has 0 atom stereocenters. The lowest BCUT2D eigenvalue weighted by molar-refractivity contribution is -0.117. The standard InChI is InChI=1S/C16H14FNO/c17-14-8-4-7-13-9-10-18(16(13)14)15(19)11-12-5-2-1-3-6-12/h1-8H,9-11H2. The third-order valence-corrected chi connectivity index (χ3v) is 3.44. The number of carbonyl (C=O) groups excluding carboxylic acids is 1. The van der Waals surface area contributed by atoms with Crippen molar-refractivity contribution >= 4 is 11.6 Å². The van der Waals surface area contributed by atoms with Crippen molar-refractivity contribution in [2.75, 3.05) is 11.4 Å². The molecule has 3 rings (SSSR count). The molecule has 0 saturated heterocycles. The van der Waals surface area contributed by atoms with Crippen LogP contribution in [0.4, 0.5) is 10.1 Å². The first-order chi connectivity index (χ1) is 9.25. The molecule has 0 radical (unpaired) electrons. The predicted octanol–water partition coefficient (Wildman–Crippen LogP) is 2.96. The van der Waals surface area contributed by atoms with Crippen molar-refractivity contribution in [3.8, 4) is 0 Å². The number of carbonyl (C=O) groups is 1. The van der Waals surface area contributed by atoms with Crippen molar-refractivity contribution in [1.82, 2.24) is 0 Å². The predicted molar refractivity (Wildman–Crippen MR) is 72.6 cm³/mol. The fourth-order valence-corrected chi connectivity index (χ4v) is 2.52. The molecule has 2 aromatic rings. The van der Waals surface area contributed by atoms with Crippen molar-refractivity contribution < 1.29 is 9.18 Å². The van der Waals surface area contributed by atoms with E-state index >= 15 is 0 Å². The molecule has 1 heterocycles. The summed E-state index contributed by atoms with van der Waals surface area (Å²) in [6.45, 7) is 0.571. The summed E-state index contributed by atoms with van der Waals surface area (Å²) in [4.78, 5) is 13.9. The molecule has 0 unspecified atom stereocenters. The van der Waals surface area contributed by atoms with E-state index in [9.17, 15) is 9.18 Å². The van der Waals surface area contributed by atoms with Gasteiger partial charge in [-0.2, -0.15) is 0 Å². The number of anilines is 1. The summed E-state index contributed by atoms with van der Waals surface area (Å²) in [5.41, 5.74) is 2.34. The molecule has 96 valence electrons. The number of amides is 1. The SMILES string of the molecule is O=C(Cc1ccccc1)N1CCc2cccc(F)c21. The van der Waals surface area contributed by atoms with E-state index in [0.29, 0.717) is 18.7 Å². The summed E-state index contributed by atoms with van der Waals surface area (Å²) in [5, 5.41) is 0. The van der Waals surface area contributed by atoms with Crippen molar-refractivity contribution in [3.63, 3.8) is 0 Å². The normalized spacial score (nSPS) is 13.4. The zero-order valence-corrected chi connectivity index (χ0v) is 10.5. The van der Waals surface area contributed by atoms with Gasteiger partial charge < -0.3 is 4.90 Å². The Labute approximate surface area is 111 Å². The topological polar surface area (TPSA) is 20.3 Å². The van der Waals surface area contributed by atoms with Crippen LogP contribution in [0.1, 0.15) is 11.1 Å². The van der Waals surface area contributed by atoms with Crippen LogP contribution in [0.15, 0.2) is 48.5 Å². The molecule has 0 spiro atoms. The molecule has 0 bridgehead atoms. The zero-order chi connectivity index (χ0) is 13.2.